The molecule has 0 fully saturated rings. The summed E-state index contributed by atoms with van der Waals surface area (Å²) in [6, 6.07) is 3.98. The van der Waals surface area contributed by atoms with E-state index in [1.807, 2.05) is 30.9 Å². The van der Waals surface area contributed by atoms with Gasteiger partial charge in [0.05, 0.1) is 11.3 Å². The van der Waals surface area contributed by atoms with Gasteiger partial charge in [-0.1, -0.05) is 18.2 Å². The zero-order valence-electron chi connectivity index (χ0n) is 10.0. The Morgan fingerprint density at radius 3 is 2.47 bits per heavy atom. The number of benzene rings is 1. The topological polar surface area (TPSA) is 3.24 Å². The molecule has 0 spiro atoms. The molecule has 0 radical (unpaired) electrons. The van der Waals surface area contributed by atoms with E-state index in [4.69, 9.17) is 0 Å². The lowest BCUT2D eigenvalue weighted by Gasteiger charge is -2.29. The van der Waals surface area contributed by atoms with Crippen LogP contribution < -0.4 is 0 Å². The van der Waals surface area contributed by atoms with Gasteiger partial charge in [0.25, 0.3) is 0 Å². The largest absolute Gasteiger partial charge is 0.367 e. The van der Waals surface area contributed by atoms with Crippen molar-refractivity contribution in [1.82, 2.24) is 4.90 Å². The first-order valence-corrected chi connectivity index (χ1v) is 5.72. The van der Waals surface area contributed by atoms with Gasteiger partial charge in [-0.2, -0.15) is 0 Å². The molecule has 0 amide bonds. The number of hydrogen-bond acceptors (Lipinski definition) is 1. The summed E-state index contributed by atoms with van der Waals surface area (Å²) in [6.45, 7) is 5.27. The molecule has 1 aliphatic heterocycles. The van der Waals surface area contributed by atoms with E-state index in [0.717, 1.165) is 12.1 Å². The molecule has 2 rings (SSSR count). The Kier molecular flexibility index (Phi) is 3.27. The number of nitrogens with zero attached hydrogens (tertiary/aromatic N) is 1. The maximum absolute atomic E-state index is 13.8. The number of rotatable bonds is 2. The first-order valence-electron chi connectivity index (χ1n) is 5.72. The summed E-state index contributed by atoms with van der Waals surface area (Å²) in [6.07, 6.45) is 3.91. The van der Waals surface area contributed by atoms with Gasteiger partial charge < -0.3 is 4.90 Å². The van der Waals surface area contributed by atoms with E-state index in [-0.39, 0.29) is 5.56 Å². The van der Waals surface area contributed by atoms with Crippen LogP contribution in [0.25, 0.3) is 5.70 Å². The summed E-state index contributed by atoms with van der Waals surface area (Å²) in [5.74, 6) is -1.01. The third-order valence-corrected chi connectivity index (χ3v) is 2.96. The van der Waals surface area contributed by atoms with Gasteiger partial charge in [0.2, 0.25) is 0 Å². The molecule has 90 valence electrons. The van der Waals surface area contributed by atoms with Gasteiger partial charge in [-0.05, 0) is 31.6 Å². The first kappa shape index (κ1) is 11.8. The van der Waals surface area contributed by atoms with Crippen LogP contribution in [0.3, 0.4) is 0 Å². The summed E-state index contributed by atoms with van der Waals surface area (Å²) in [7, 11) is 0. The molecule has 0 saturated heterocycles. The Labute approximate surface area is 100 Å². The standard InChI is InChI=1S/C14H15F2N/c1-3-17-9-5-6-10(2)14(17)13-11(15)7-4-8-12(13)16/h4-8H,3,9H2,1-2H3. The second-order valence-electron chi connectivity index (χ2n) is 4.07. The Bertz CT molecular complexity index is 469. The maximum atomic E-state index is 13.8. The van der Waals surface area contributed by atoms with E-state index >= 15 is 0 Å². The lowest BCUT2D eigenvalue weighted by molar-refractivity contribution is 0.447. The summed E-state index contributed by atoms with van der Waals surface area (Å²) in [5, 5.41) is 0. The number of allylic oxidation sites excluding steroid dienone is 2. The highest BCUT2D eigenvalue weighted by atomic mass is 19.1. The smallest absolute Gasteiger partial charge is 0.135 e. The fourth-order valence-electron chi connectivity index (χ4n) is 2.14. The molecule has 1 heterocycles. The molecule has 0 aliphatic carbocycles. The van der Waals surface area contributed by atoms with E-state index < -0.39 is 11.6 Å². The van der Waals surface area contributed by atoms with Crippen LogP contribution in [0.1, 0.15) is 19.4 Å². The monoisotopic (exact) mass is 235 g/mol. The van der Waals surface area contributed by atoms with E-state index in [1.54, 1.807) is 0 Å². The van der Waals surface area contributed by atoms with Crippen LogP contribution >= 0.6 is 0 Å². The van der Waals surface area contributed by atoms with Crippen LogP contribution in [0.15, 0.2) is 35.9 Å². The summed E-state index contributed by atoms with van der Waals surface area (Å²) < 4.78 is 27.6. The molecule has 1 aromatic carbocycles. The highest BCUT2D eigenvalue weighted by Gasteiger charge is 2.21. The second kappa shape index (κ2) is 4.70. The molecule has 0 unspecified atom stereocenters. The molecule has 1 nitrogen and oxygen atoms in total. The van der Waals surface area contributed by atoms with Crippen molar-refractivity contribution < 1.29 is 8.78 Å². The average molecular weight is 235 g/mol. The Hall–Kier alpha value is -1.64. The summed E-state index contributed by atoms with van der Waals surface area (Å²) >= 11 is 0. The normalized spacial score (nSPS) is 15.6. The maximum Gasteiger partial charge on any atom is 0.135 e. The van der Waals surface area contributed by atoms with Crippen LogP contribution in [-0.4, -0.2) is 18.0 Å². The third kappa shape index (κ3) is 2.09. The minimum Gasteiger partial charge on any atom is -0.367 e. The summed E-state index contributed by atoms with van der Waals surface area (Å²) in [5.41, 5.74) is 1.63. The summed E-state index contributed by atoms with van der Waals surface area (Å²) in [4.78, 5) is 1.97. The molecule has 0 aromatic heterocycles. The lowest BCUT2D eigenvalue weighted by atomic mass is 10.0. The van der Waals surface area contributed by atoms with Crippen molar-refractivity contribution in [1.29, 1.82) is 0 Å². The van der Waals surface area contributed by atoms with Crippen LogP contribution in [-0.2, 0) is 0 Å². The second-order valence-corrected chi connectivity index (χ2v) is 4.07. The van der Waals surface area contributed by atoms with Gasteiger partial charge in [-0.3, -0.25) is 0 Å². The molecular weight excluding hydrogens is 220 g/mol. The van der Waals surface area contributed by atoms with Crippen molar-refractivity contribution in [3.63, 3.8) is 0 Å². The van der Waals surface area contributed by atoms with Gasteiger partial charge >= 0.3 is 0 Å². The van der Waals surface area contributed by atoms with Crippen molar-refractivity contribution in [2.45, 2.75) is 13.8 Å². The third-order valence-electron chi connectivity index (χ3n) is 2.96. The Balaban J connectivity index is 2.61. The molecule has 0 bridgehead atoms. The van der Waals surface area contributed by atoms with Gasteiger partial charge in [0.1, 0.15) is 11.6 Å². The number of likely N-dealkylation sites (N-methyl/N-ethyl adjacent to an activating group) is 1. The average Bonchev–Trinajstić information content (AvgIpc) is 2.30. The van der Waals surface area contributed by atoms with Crippen LogP contribution in [0.5, 0.6) is 0 Å². The molecular formula is C14H15F2N. The predicted molar refractivity (Wildman–Crippen MR) is 65.3 cm³/mol. The van der Waals surface area contributed by atoms with E-state index in [1.165, 1.54) is 18.2 Å². The number of hydrogen-bond donors (Lipinski definition) is 0. The molecule has 1 aromatic rings. The van der Waals surface area contributed by atoms with Crippen molar-refractivity contribution in [3.8, 4) is 0 Å². The van der Waals surface area contributed by atoms with Crippen LogP contribution in [0, 0.1) is 11.6 Å². The fraction of sp³-hybridized carbons (Fsp3) is 0.286. The van der Waals surface area contributed by atoms with Crippen LogP contribution in [0.4, 0.5) is 8.78 Å². The molecule has 0 saturated carbocycles. The van der Waals surface area contributed by atoms with Gasteiger partial charge in [0.15, 0.2) is 0 Å². The molecule has 1 aliphatic rings. The lowest BCUT2D eigenvalue weighted by Crippen LogP contribution is -2.26. The van der Waals surface area contributed by atoms with E-state index in [9.17, 15) is 8.78 Å². The van der Waals surface area contributed by atoms with Gasteiger partial charge in [-0.15, -0.1) is 0 Å². The quantitative estimate of drug-likeness (QED) is 0.757. The van der Waals surface area contributed by atoms with Crippen molar-refractivity contribution in [3.05, 3.63) is 53.1 Å². The minimum atomic E-state index is -0.506. The van der Waals surface area contributed by atoms with Gasteiger partial charge in [0, 0.05) is 13.1 Å². The molecule has 0 atom stereocenters. The van der Waals surface area contributed by atoms with Gasteiger partial charge in [-0.25, -0.2) is 8.78 Å². The highest BCUT2D eigenvalue weighted by Crippen LogP contribution is 2.30. The SMILES string of the molecule is CCN1CC=CC(C)=C1c1c(F)cccc1F. The zero-order chi connectivity index (χ0) is 12.4. The minimum absolute atomic E-state index is 0.0798. The Morgan fingerprint density at radius 2 is 1.88 bits per heavy atom. The molecule has 3 heteroatoms. The fourth-order valence-corrected chi connectivity index (χ4v) is 2.14. The zero-order valence-corrected chi connectivity index (χ0v) is 10.0. The van der Waals surface area contributed by atoms with E-state index in [2.05, 4.69) is 0 Å². The number of halogens is 2. The van der Waals surface area contributed by atoms with E-state index in [0.29, 0.717) is 12.2 Å². The van der Waals surface area contributed by atoms with Crippen LogP contribution in [0.2, 0.25) is 0 Å². The predicted octanol–water partition coefficient (Wildman–Crippen LogP) is 3.59. The van der Waals surface area contributed by atoms with Crippen molar-refractivity contribution in [2.75, 3.05) is 13.1 Å². The first-order chi connectivity index (χ1) is 8.15. The van der Waals surface area contributed by atoms with Crippen molar-refractivity contribution in [2.24, 2.45) is 0 Å². The molecule has 17 heavy (non-hydrogen) atoms. The van der Waals surface area contributed by atoms with Crippen molar-refractivity contribution >= 4 is 5.70 Å². The molecule has 0 N–H and O–H groups in total. The highest BCUT2D eigenvalue weighted by molar-refractivity contribution is 5.71. The Morgan fingerprint density at radius 1 is 1.24 bits per heavy atom.